The van der Waals surface area contributed by atoms with Crippen LogP contribution < -0.4 is 5.32 Å². The van der Waals surface area contributed by atoms with Gasteiger partial charge in [0.1, 0.15) is 0 Å². The van der Waals surface area contributed by atoms with Crippen molar-refractivity contribution >= 4 is 10.9 Å². The number of H-pyrrole nitrogens is 1. The van der Waals surface area contributed by atoms with Crippen molar-refractivity contribution in [1.29, 1.82) is 0 Å². The number of aromatic nitrogens is 1. The molecule has 1 aliphatic rings. The predicted octanol–water partition coefficient (Wildman–Crippen LogP) is 2.71. The monoisotopic (exact) mass is 214 g/mol. The molecule has 0 atom stereocenters. The van der Waals surface area contributed by atoms with Crippen LogP contribution >= 0.6 is 0 Å². The third-order valence-corrected chi connectivity index (χ3v) is 3.60. The van der Waals surface area contributed by atoms with Crippen LogP contribution in [0.2, 0.25) is 0 Å². The first-order chi connectivity index (χ1) is 7.92. The van der Waals surface area contributed by atoms with Gasteiger partial charge >= 0.3 is 0 Å². The normalized spacial score (nSPS) is 18.0. The van der Waals surface area contributed by atoms with E-state index in [0.717, 1.165) is 5.92 Å². The Labute approximate surface area is 96.1 Å². The molecule has 0 unspecified atom stereocenters. The number of piperidine rings is 1. The Hall–Kier alpha value is -1.28. The van der Waals surface area contributed by atoms with Crippen LogP contribution in [0.4, 0.5) is 0 Å². The standard InChI is InChI=1S/C14H18N2/c1-2-14-13(5-8-16-14)10-12(1)9-11-3-6-15-7-4-11/h1-2,5,8,10-11,15-16H,3-4,6-7,9H2. The molecular weight excluding hydrogens is 196 g/mol. The number of hydrogen-bond acceptors (Lipinski definition) is 1. The van der Waals surface area contributed by atoms with Crippen LogP contribution in [0.25, 0.3) is 10.9 Å². The number of hydrogen-bond donors (Lipinski definition) is 2. The topological polar surface area (TPSA) is 27.8 Å². The van der Waals surface area contributed by atoms with Crippen molar-refractivity contribution in [3.63, 3.8) is 0 Å². The lowest BCUT2D eigenvalue weighted by molar-refractivity contribution is 0.373. The zero-order valence-corrected chi connectivity index (χ0v) is 9.50. The van der Waals surface area contributed by atoms with E-state index in [4.69, 9.17) is 0 Å². The van der Waals surface area contributed by atoms with E-state index in [-0.39, 0.29) is 0 Å². The smallest absolute Gasteiger partial charge is 0.0454 e. The number of nitrogens with one attached hydrogen (secondary N) is 2. The van der Waals surface area contributed by atoms with Crippen molar-refractivity contribution in [3.8, 4) is 0 Å². The fraction of sp³-hybridized carbons (Fsp3) is 0.429. The maximum atomic E-state index is 3.42. The van der Waals surface area contributed by atoms with E-state index in [1.54, 1.807) is 0 Å². The fourth-order valence-electron chi connectivity index (χ4n) is 2.65. The van der Waals surface area contributed by atoms with Gasteiger partial charge in [-0.05, 0) is 67.4 Å². The minimum Gasteiger partial charge on any atom is -0.361 e. The SMILES string of the molecule is c1cc2cc(CC3CCNCC3)ccc2[nH]1. The Morgan fingerprint density at radius 2 is 2.00 bits per heavy atom. The molecule has 2 N–H and O–H groups in total. The molecule has 84 valence electrons. The van der Waals surface area contributed by atoms with Gasteiger partial charge in [0.25, 0.3) is 0 Å². The lowest BCUT2D eigenvalue weighted by Gasteiger charge is -2.22. The summed E-state index contributed by atoms with van der Waals surface area (Å²) in [5.41, 5.74) is 2.73. The summed E-state index contributed by atoms with van der Waals surface area (Å²) in [4.78, 5) is 3.24. The van der Waals surface area contributed by atoms with Gasteiger partial charge in [0, 0.05) is 11.7 Å². The largest absolute Gasteiger partial charge is 0.361 e. The van der Waals surface area contributed by atoms with Crippen LogP contribution in [0.3, 0.4) is 0 Å². The molecule has 2 heterocycles. The Morgan fingerprint density at radius 1 is 1.12 bits per heavy atom. The number of rotatable bonds is 2. The first-order valence-electron chi connectivity index (χ1n) is 6.18. The van der Waals surface area contributed by atoms with Gasteiger partial charge in [0.15, 0.2) is 0 Å². The minimum atomic E-state index is 0.873. The van der Waals surface area contributed by atoms with Crippen LogP contribution in [0, 0.1) is 5.92 Å². The quantitative estimate of drug-likeness (QED) is 0.790. The van der Waals surface area contributed by atoms with Crippen LogP contribution in [0.5, 0.6) is 0 Å². The van der Waals surface area contributed by atoms with Gasteiger partial charge in [-0.15, -0.1) is 0 Å². The van der Waals surface area contributed by atoms with E-state index in [1.165, 1.54) is 48.8 Å². The van der Waals surface area contributed by atoms with Crippen molar-refractivity contribution in [2.24, 2.45) is 5.92 Å². The van der Waals surface area contributed by atoms with Crippen LogP contribution in [-0.2, 0) is 6.42 Å². The fourth-order valence-corrected chi connectivity index (χ4v) is 2.65. The molecule has 1 aromatic carbocycles. The zero-order valence-electron chi connectivity index (χ0n) is 9.50. The molecular formula is C14H18N2. The van der Waals surface area contributed by atoms with E-state index in [2.05, 4.69) is 34.6 Å². The number of aromatic amines is 1. The van der Waals surface area contributed by atoms with Gasteiger partial charge in [-0.25, -0.2) is 0 Å². The summed E-state index contributed by atoms with van der Waals surface area (Å²) in [5, 5.41) is 4.76. The summed E-state index contributed by atoms with van der Waals surface area (Å²) in [7, 11) is 0. The van der Waals surface area contributed by atoms with E-state index >= 15 is 0 Å². The van der Waals surface area contributed by atoms with Gasteiger partial charge in [0.2, 0.25) is 0 Å². The first-order valence-corrected chi connectivity index (χ1v) is 6.18. The summed E-state index contributed by atoms with van der Waals surface area (Å²) in [5.74, 6) is 0.873. The molecule has 0 amide bonds. The van der Waals surface area contributed by atoms with Gasteiger partial charge in [-0.3, -0.25) is 0 Å². The molecule has 2 nitrogen and oxygen atoms in total. The molecule has 3 rings (SSSR count). The molecule has 0 bridgehead atoms. The molecule has 0 spiro atoms. The predicted molar refractivity (Wildman–Crippen MR) is 67.6 cm³/mol. The van der Waals surface area contributed by atoms with Crippen molar-refractivity contribution < 1.29 is 0 Å². The summed E-state index contributed by atoms with van der Waals surface area (Å²) >= 11 is 0. The highest BCUT2D eigenvalue weighted by atomic mass is 14.9. The minimum absolute atomic E-state index is 0.873. The molecule has 2 heteroatoms. The molecule has 2 aromatic rings. The summed E-state index contributed by atoms with van der Waals surface area (Å²) in [6, 6.07) is 8.95. The van der Waals surface area contributed by atoms with Crippen LogP contribution in [0.15, 0.2) is 30.5 Å². The molecule has 1 fully saturated rings. The average molecular weight is 214 g/mol. The maximum Gasteiger partial charge on any atom is 0.0454 e. The third kappa shape index (κ3) is 1.98. The van der Waals surface area contributed by atoms with Crippen molar-refractivity contribution in [3.05, 3.63) is 36.0 Å². The molecule has 1 saturated heterocycles. The van der Waals surface area contributed by atoms with E-state index in [1.807, 2.05) is 6.20 Å². The lowest BCUT2D eigenvalue weighted by atomic mass is 9.91. The maximum absolute atomic E-state index is 3.42. The van der Waals surface area contributed by atoms with Crippen LogP contribution in [-0.4, -0.2) is 18.1 Å². The molecule has 16 heavy (non-hydrogen) atoms. The molecule has 0 aliphatic carbocycles. The van der Waals surface area contributed by atoms with E-state index < -0.39 is 0 Å². The Kier molecular flexibility index (Phi) is 2.66. The highest BCUT2D eigenvalue weighted by Gasteiger charge is 2.13. The molecule has 0 radical (unpaired) electrons. The van der Waals surface area contributed by atoms with Crippen molar-refractivity contribution in [2.45, 2.75) is 19.3 Å². The Morgan fingerprint density at radius 3 is 2.88 bits per heavy atom. The summed E-state index contributed by atoms with van der Waals surface area (Å²) in [6.07, 6.45) is 5.90. The number of fused-ring (bicyclic) bond motifs is 1. The van der Waals surface area contributed by atoms with Gasteiger partial charge in [-0.1, -0.05) is 6.07 Å². The van der Waals surface area contributed by atoms with Crippen LogP contribution in [0.1, 0.15) is 18.4 Å². The molecule has 0 saturated carbocycles. The zero-order chi connectivity index (χ0) is 10.8. The highest BCUT2D eigenvalue weighted by molar-refractivity contribution is 5.79. The third-order valence-electron chi connectivity index (χ3n) is 3.60. The second-order valence-corrected chi connectivity index (χ2v) is 4.80. The van der Waals surface area contributed by atoms with Gasteiger partial charge in [0.05, 0.1) is 0 Å². The molecule has 1 aliphatic heterocycles. The molecule has 1 aromatic heterocycles. The first kappa shape index (κ1) is 9.91. The highest BCUT2D eigenvalue weighted by Crippen LogP contribution is 2.21. The van der Waals surface area contributed by atoms with Crippen molar-refractivity contribution in [1.82, 2.24) is 10.3 Å². The lowest BCUT2D eigenvalue weighted by Crippen LogP contribution is -2.28. The second kappa shape index (κ2) is 4.30. The summed E-state index contributed by atoms with van der Waals surface area (Å²) < 4.78 is 0. The van der Waals surface area contributed by atoms with E-state index in [0.29, 0.717) is 0 Å². The summed E-state index contributed by atoms with van der Waals surface area (Å²) in [6.45, 7) is 2.38. The number of benzene rings is 1. The van der Waals surface area contributed by atoms with Gasteiger partial charge < -0.3 is 10.3 Å². The average Bonchev–Trinajstić information content (AvgIpc) is 2.77. The Bertz CT molecular complexity index is 466. The van der Waals surface area contributed by atoms with Crippen molar-refractivity contribution in [2.75, 3.05) is 13.1 Å². The van der Waals surface area contributed by atoms with Gasteiger partial charge in [-0.2, -0.15) is 0 Å². The van der Waals surface area contributed by atoms with E-state index in [9.17, 15) is 0 Å². The second-order valence-electron chi connectivity index (χ2n) is 4.80. The Balaban J connectivity index is 1.77.